The molecule has 18 heavy (non-hydrogen) atoms. The maximum atomic E-state index is 6.09. The van der Waals surface area contributed by atoms with Gasteiger partial charge >= 0.3 is 0 Å². The largest absolute Gasteiger partial charge is 0.204 e. The highest BCUT2D eigenvalue weighted by atomic mass is 127. The molecular weight excluding hydrogens is 380 g/mol. The Kier molecular flexibility index (Phi) is 6.12. The average molecular weight is 393 g/mol. The van der Waals surface area contributed by atoms with Crippen LogP contribution in [0.5, 0.6) is 0 Å². The van der Waals surface area contributed by atoms with Crippen LogP contribution in [-0.4, -0.2) is 0 Å². The smallest absolute Gasteiger partial charge is 0.202 e. The predicted molar refractivity (Wildman–Crippen MR) is 88.4 cm³/mol. The van der Waals surface area contributed by atoms with Gasteiger partial charge in [0, 0.05) is 33.8 Å². The predicted octanol–water partition coefficient (Wildman–Crippen LogP) is 4.61. The number of benzene rings is 1. The van der Waals surface area contributed by atoms with Gasteiger partial charge in [-0.25, -0.2) is 4.57 Å². The highest BCUT2D eigenvalue weighted by molar-refractivity contribution is 14.0. The molecule has 0 radical (unpaired) electrons. The minimum absolute atomic E-state index is 0. The highest BCUT2D eigenvalue weighted by Gasteiger charge is 2.03. The first kappa shape index (κ1) is 15.5. The fraction of sp³-hybridized carbons (Fsp3) is 0.0714. The average Bonchev–Trinajstić information content (AvgIpc) is 2.30. The van der Waals surface area contributed by atoms with Crippen molar-refractivity contribution in [3.8, 4) is 0 Å². The zero-order chi connectivity index (χ0) is 12.3. The zero-order valence-corrected chi connectivity index (χ0v) is 13.6. The van der Waals surface area contributed by atoms with E-state index in [4.69, 9.17) is 23.2 Å². The van der Waals surface area contributed by atoms with Gasteiger partial charge < -0.3 is 0 Å². The lowest BCUT2D eigenvalue weighted by molar-refractivity contribution is -0.673. The first-order valence-corrected chi connectivity index (χ1v) is 6.01. The minimum atomic E-state index is 0. The minimum Gasteiger partial charge on any atom is -0.202 e. The first-order chi connectivity index (χ1) is 8.18. The molecule has 1 aromatic heterocycles. The van der Waals surface area contributed by atoms with Gasteiger partial charge in [-0.05, 0) is 24.3 Å². The van der Waals surface area contributed by atoms with Crippen LogP contribution in [0.15, 0.2) is 42.6 Å². The Morgan fingerprint density at radius 2 is 1.61 bits per heavy atom. The van der Waals surface area contributed by atoms with E-state index in [0.29, 0.717) is 10.0 Å². The summed E-state index contributed by atoms with van der Waals surface area (Å²) in [6.07, 6.45) is 5.92. The summed E-state index contributed by atoms with van der Waals surface area (Å²) in [5.41, 5.74) is 1.93. The molecule has 0 aliphatic rings. The summed E-state index contributed by atoms with van der Waals surface area (Å²) in [7, 11) is 1.99. The van der Waals surface area contributed by atoms with Gasteiger partial charge in [-0.2, -0.15) is 0 Å². The molecular formula is C14H13Cl2IN+. The Balaban J connectivity index is 0.00000162. The van der Waals surface area contributed by atoms with Gasteiger partial charge in [0.25, 0.3) is 0 Å². The number of hydrogen-bond donors (Lipinski definition) is 0. The molecule has 2 aromatic rings. The molecule has 0 atom stereocenters. The summed E-state index contributed by atoms with van der Waals surface area (Å²) >= 11 is 12.2. The Hall–Kier alpha value is -0.580. The molecule has 4 heteroatoms. The number of pyridine rings is 1. The zero-order valence-electron chi connectivity index (χ0n) is 9.81. The monoisotopic (exact) mass is 392 g/mol. The second-order valence-electron chi connectivity index (χ2n) is 3.71. The molecule has 0 N–H and O–H groups in total. The summed E-state index contributed by atoms with van der Waals surface area (Å²) in [5, 5.41) is 1.32. The van der Waals surface area contributed by atoms with Crippen molar-refractivity contribution in [3.63, 3.8) is 0 Å². The third kappa shape index (κ3) is 3.70. The Morgan fingerprint density at radius 1 is 0.944 bits per heavy atom. The lowest BCUT2D eigenvalue weighted by Gasteiger charge is -2.00. The van der Waals surface area contributed by atoms with Crippen molar-refractivity contribution in [3.05, 3.63) is 63.9 Å². The molecule has 0 bridgehead atoms. The van der Waals surface area contributed by atoms with E-state index in [2.05, 4.69) is 0 Å². The standard InChI is InChI=1S/C14H12Cl2N.HI/c1-17-10-3-2-5-11(17)8-9-12-13(15)6-4-7-14(12)16;/h2-10H,1H3;1H/q+1;. The second-order valence-corrected chi connectivity index (χ2v) is 4.52. The molecule has 1 heterocycles. The lowest BCUT2D eigenvalue weighted by Crippen LogP contribution is -2.30. The van der Waals surface area contributed by atoms with Gasteiger partial charge in [-0.1, -0.05) is 29.3 Å². The molecule has 1 aromatic carbocycles. The van der Waals surface area contributed by atoms with Crippen LogP contribution in [0.25, 0.3) is 12.2 Å². The van der Waals surface area contributed by atoms with Gasteiger partial charge in [0.1, 0.15) is 7.05 Å². The summed E-state index contributed by atoms with van der Waals surface area (Å²) < 4.78 is 2.03. The van der Waals surface area contributed by atoms with E-state index in [-0.39, 0.29) is 24.0 Å². The molecule has 0 aliphatic heterocycles. The van der Waals surface area contributed by atoms with Crippen molar-refractivity contribution in [1.82, 2.24) is 0 Å². The van der Waals surface area contributed by atoms with E-state index in [0.717, 1.165) is 11.3 Å². The van der Waals surface area contributed by atoms with Crippen molar-refractivity contribution in [1.29, 1.82) is 0 Å². The van der Waals surface area contributed by atoms with Crippen molar-refractivity contribution in [2.45, 2.75) is 0 Å². The van der Waals surface area contributed by atoms with Crippen molar-refractivity contribution < 1.29 is 4.57 Å². The number of aryl methyl sites for hydroxylation is 1. The summed E-state index contributed by atoms with van der Waals surface area (Å²) in [5.74, 6) is 0. The van der Waals surface area contributed by atoms with Gasteiger partial charge in [0.05, 0.1) is 0 Å². The number of hydrogen-bond acceptors (Lipinski definition) is 0. The third-order valence-electron chi connectivity index (χ3n) is 2.52. The second kappa shape index (κ2) is 7.12. The molecule has 0 spiro atoms. The van der Waals surface area contributed by atoms with E-state index in [9.17, 15) is 0 Å². The van der Waals surface area contributed by atoms with E-state index in [1.807, 2.05) is 66.4 Å². The van der Waals surface area contributed by atoms with Crippen LogP contribution < -0.4 is 4.57 Å². The fourth-order valence-electron chi connectivity index (χ4n) is 1.55. The van der Waals surface area contributed by atoms with Gasteiger partial charge in [0.2, 0.25) is 5.69 Å². The van der Waals surface area contributed by atoms with Crippen LogP contribution in [0.4, 0.5) is 0 Å². The number of rotatable bonds is 2. The van der Waals surface area contributed by atoms with Crippen LogP contribution >= 0.6 is 47.2 Å². The number of aromatic nitrogens is 1. The van der Waals surface area contributed by atoms with Crippen LogP contribution in [0.2, 0.25) is 10.0 Å². The van der Waals surface area contributed by atoms with Crippen LogP contribution in [0, 0.1) is 0 Å². The molecule has 94 valence electrons. The number of nitrogens with zero attached hydrogens (tertiary/aromatic N) is 1. The topological polar surface area (TPSA) is 3.88 Å². The molecule has 0 fully saturated rings. The van der Waals surface area contributed by atoms with E-state index >= 15 is 0 Å². The Bertz CT molecular complexity index is 547. The van der Waals surface area contributed by atoms with Gasteiger partial charge in [0.15, 0.2) is 6.20 Å². The molecule has 0 saturated carbocycles. The summed E-state index contributed by atoms with van der Waals surface area (Å²) in [6.45, 7) is 0. The van der Waals surface area contributed by atoms with Crippen LogP contribution in [-0.2, 0) is 7.05 Å². The summed E-state index contributed by atoms with van der Waals surface area (Å²) in [6, 6.07) is 11.5. The first-order valence-electron chi connectivity index (χ1n) is 5.25. The SMILES string of the molecule is C[n+]1ccccc1C=Cc1c(Cl)cccc1Cl.I. The molecule has 1 nitrogen and oxygen atoms in total. The number of halogens is 3. The quantitative estimate of drug-likeness (QED) is 0.519. The molecule has 0 saturated heterocycles. The van der Waals surface area contributed by atoms with Crippen molar-refractivity contribution in [2.75, 3.05) is 0 Å². The normalized spacial score (nSPS) is 10.4. The third-order valence-corrected chi connectivity index (χ3v) is 3.17. The Labute approximate surface area is 134 Å². The van der Waals surface area contributed by atoms with Gasteiger partial charge in [-0.3, -0.25) is 0 Å². The maximum absolute atomic E-state index is 6.09. The molecule has 0 unspecified atom stereocenters. The maximum Gasteiger partial charge on any atom is 0.204 e. The molecule has 0 amide bonds. The summed E-state index contributed by atoms with van der Waals surface area (Å²) in [4.78, 5) is 0. The van der Waals surface area contributed by atoms with Crippen molar-refractivity contribution >= 4 is 59.3 Å². The van der Waals surface area contributed by atoms with Crippen molar-refractivity contribution in [2.24, 2.45) is 7.05 Å². The van der Waals surface area contributed by atoms with E-state index < -0.39 is 0 Å². The van der Waals surface area contributed by atoms with E-state index in [1.165, 1.54) is 0 Å². The molecule has 0 aliphatic carbocycles. The lowest BCUT2D eigenvalue weighted by atomic mass is 10.2. The Morgan fingerprint density at radius 3 is 2.22 bits per heavy atom. The van der Waals surface area contributed by atoms with Crippen LogP contribution in [0.3, 0.4) is 0 Å². The highest BCUT2D eigenvalue weighted by Crippen LogP contribution is 2.25. The van der Waals surface area contributed by atoms with Gasteiger partial charge in [-0.15, -0.1) is 24.0 Å². The molecule has 2 rings (SSSR count). The van der Waals surface area contributed by atoms with Crippen LogP contribution in [0.1, 0.15) is 11.3 Å². The van der Waals surface area contributed by atoms with E-state index in [1.54, 1.807) is 0 Å². The fourth-order valence-corrected chi connectivity index (χ4v) is 2.07.